The van der Waals surface area contributed by atoms with Gasteiger partial charge < -0.3 is 19.3 Å². The zero-order valence-corrected chi connectivity index (χ0v) is 17.7. The van der Waals surface area contributed by atoms with E-state index >= 15 is 0 Å². The Balaban J connectivity index is 1.73. The van der Waals surface area contributed by atoms with E-state index in [1.807, 2.05) is 42.0 Å². The third-order valence-electron chi connectivity index (χ3n) is 5.35. The van der Waals surface area contributed by atoms with Crippen LogP contribution in [0.3, 0.4) is 0 Å². The number of carbonyl (C=O) groups excluding carboxylic acids is 2. The maximum atomic E-state index is 13.0. The Bertz CT molecular complexity index is 1130. The number of benzene rings is 1. The van der Waals surface area contributed by atoms with Gasteiger partial charge in [-0.25, -0.2) is 4.98 Å². The molecule has 1 aliphatic rings. The zero-order valence-electron chi connectivity index (χ0n) is 17.7. The number of aliphatic hydroxyl groups is 1. The quantitative estimate of drug-likeness (QED) is 0.334. The molecule has 1 amide bonds. The minimum Gasteiger partial charge on any atom is -0.507 e. The van der Waals surface area contributed by atoms with Gasteiger partial charge in [-0.1, -0.05) is 12.1 Å². The Labute approximate surface area is 185 Å². The average Bonchev–Trinajstić information content (AvgIpc) is 3.42. The molecule has 1 saturated heterocycles. The lowest BCUT2D eigenvalue weighted by Gasteiger charge is -2.25. The number of Topliss-reactive ketones (excluding diaryl/α,β-unsaturated/α-hetero) is 1. The first-order valence-electron chi connectivity index (χ1n) is 10.5. The van der Waals surface area contributed by atoms with E-state index in [1.54, 1.807) is 24.7 Å². The van der Waals surface area contributed by atoms with E-state index in [2.05, 4.69) is 9.97 Å². The number of rotatable bonds is 8. The lowest BCUT2D eigenvalue weighted by molar-refractivity contribution is -0.139. The summed E-state index contributed by atoms with van der Waals surface area (Å²) in [5.41, 5.74) is 1.20. The molecule has 1 atom stereocenters. The van der Waals surface area contributed by atoms with Crippen molar-refractivity contribution in [2.75, 3.05) is 13.2 Å². The minimum absolute atomic E-state index is 0.0671. The number of ether oxygens (including phenoxy) is 1. The average molecular weight is 432 g/mol. The molecule has 1 N–H and O–H groups in total. The molecule has 0 saturated carbocycles. The summed E-state index contributed by atoms with van der Waals surface area (Å²) < 4.78 is 7.53. The summed E-state index contributed by atoms with van der Waals surface area (Å²) in [6.45, 7) is 3.38. The summed E-state index contributed by atoms with van der Waals surface area (Å²) in [5, 5.41) is 11.0. The first kappa shape index (κ1) is 21.3. The maximum Gasteiger partial charge on any atom is 0.295 e. The van der Waals surface area contributed by atoms with Gasteiger partial charge in [-0.05, 0) is 43.2 Å². The van der Waals surface area contributed by atoms with Crippen LogP contribution in [0.1, 0.15) is 30.5 Å². The van der Waals surface area contributed by atoms with Crippen LogP contribution < -0.4 is 4.74 Å². The molecule has 1 aliphatic heterocycles. The number of likely N-dealkylation sites (tertiary alicyclic amines) is 1. The van der Waals surface area contributed by atoms with Gasteiger partial charge in [0.05, 0.1) is 24.5 Å². The minimum atomic E-state index is -0.716. The van der Waals surface area contributed by atoms with E-state index in [-0.39, 0.29) is 11.3 Å². The molecular formula is C24H24N4O4. The number of aryl methyl sites for hydroxylation is 1. The van der Waals surface area contributed by atoms with Gasteiger partial charge in [0.25, 0.3) is 11.7 Å². The highest BCUT2D eigenvalue weighted by Gasteiger charge is 2.45. The monoisotopic (exact) mass is 432 g/mol. The van der Waals surface area contributed by atoms with Crippen LogP contribution in [0.4, 0.5) is 0 Å². The SMILES string of the molecule is CCOc1cccc(C2C(=C(O)c3ccncc3)C(=O)C(=O)N2CCCn2ccnc2)c1. The molecule has 1 aromatic carbocycles. The summed E-state index contributed by atoms with van der Waals surface area (Å²) in [4.78, 5) is 35.6. The third kappa shape index (κ3) is 4.25. The highest BCUT2D eigenvalue weighted by molar-refractivity contribution is 6.46. The largest absolute Gasteiger partial charge is 0.507 e. The van der Waals surface area contributed by atoms with Crippen molar-refractivity contribution in [1.29, 1.82) is 0 Å². The number of aliphatic hydroxyl groups excluding tert-OH is 1. The fourth-order valence-corrected chi connectivity index (χ4v) is 3.91. The number of ketones is 1. The normalized spacial score (nSPS) is 17.7. The van der Waals surface area contributed by atoms with E-state index < -0.39 is 17.7 Å². The standard InChI is InChI=1S/C24H24N4O4/c1-2-32-19-6-3-5-18(15-19)21-20(22(29)17-7-9-25-10-8-17)23(30)24(31)28(21)13-4-12-27-14-11-26-16-27/h3,5-11,14-16,21,29H,2,4,12-13H2,1H3. The lowest BCUT2D eigenvalue weighted by atomic mass is 9.95. The van der Waals surface area contributed by atoms with Crippen molar-refractivity contribution in [3.63, 3.8) is 0 Å². The number of nitrogens with zero attached hydrogens (tertiary/aromatic N) is 4. The number of pyridine rings is 1. The first-order valence-corrected chi connectivity index (χ1v) is 10.5. The van der Waals surface area contributed by atoms with E-state index in [0.29, 0.717) is 43.0 Å². The summed E-state index contributed by atoms with van der Waals surface area (Å²) in [7, 11) is 0. The second-order valence-electron chi connectivity index (χ2n) is 7.39. The number of imidazole rings is 1. The summed E-state index contributed by atoms with van der Waals surface area (Å²) in [6.07, 6.45) is 8.93. The molecule has 1 unspecified atom stereocenters. The zero-order chi connectivity index (χ0) is 22.5. The van der Waals surface area contributed by atoms with Gasteiger partial charge in [-0.3, -0.25) is 14.6 Å². The molecule has 8 nitrogen and oxygen atoms in total. The molecule has 164 valence electrons. The Morgan fingerprint density at radius 1 is 1.09 bits per heavy atom. The highest BCUT2D eigenvalue weighted by Crippen LogP contribution is 2.40. The van der Waals surface area contributed by atoms with Gasteiger partial charge in [0.2, 0.25) is 0 Å². The Morgan fingerprint density at radius 3 is 2.62 bits per heavy atom. The molecule has 4 rings (SSSR count). The predicted molar refractivity (Wildman–Crippen MR) is 118 cm³/mol. The Hall–Kier alpha value is -3.94. The van der Waals surface area contributed by atoms with E-state index in [1.165, 1.54) is 17.3 Å². The molecule has 0 bridgehead atoms. The number of carbonyl (C=O) groups is 2. The van der Waals surface area contributed by atoms with Gasteiger partial charge in [-0.2, -0.15) is 0 Å². The van der Waals surface area contributed by atoms with Crippen LogP contribution in [-0.2, 0) is 16.1 Å². The fourth-order valence-electron chi connectivity index (χ4n) is 3.91. The van der Waals surface area contributed by atoms with Crippen molar-refractivity contribution in [1.82, 2.24) is 19.4 Å². The van der Waals surface area contributed by atoms with Crippen LogP contribution in [0.15, 0.2) is 73.1 Å². The molecule has 0 aliphatic carbocycles. The number of aromatic nitrogens is 3. The van der Waals surface area contributed by atoms with Crippen LogP contribution in [0.25, 0.3) is 5.76 Å². The summed E-state index contributed by atoms with van der Waals surface area (Å²) in [6, 6.07) is 9.78. The fraction of sp³-hybridized carbons (Fsp3) is 0.250. The van der Waals surface area contributed by atoms with Gasteiger partial charge in [0, 0.05) is 43.4 Å². The van der Waals surface area contributed by atoms with Crippen molar-refractivity contribution in [3.8, 4) is 5.75 Å². The predicted octanol–water partition coefficient (Wildman–Crippen LogP) is 3.19. The molecule has 3 heterocycles. The van der Waals surface area contributed by atoms with Crippen molar-refractivity contribution < 1.29 is 19.4 Å². The van der Waals surface area contributed by atoms with Crippen molar-refractivity contribution in [2.45, 2.75) is 25.9 Å². The van der Waals surface area contributed by atoms with Gasteiger partial charge in [0.15, 0.2) is 0 Å². The lowest BCUT2D eigenvalue weighted by Crippen LogP contribution is -2.31. The molecule has 3 aromatic rings. The number of amides is 1. The van der Waals surface area contributed by atoms with Gasteiger partial charge >= 0.3 is 0 Å². The smallest absolute Gasteiger partial charge is 0.295 e. The third-order valence-corrected chi connectivity index (χ3v) is 5.35. The number of hydrogen-bond donors (Lipinski definition) is 1. The Kier molecular flexibility index (Phi) is 6.30. The van der Waals surface area contributed by atoms with Crippen molar-refractivity contribution >= 4 is 17.4 Å². The topological polar surface area (TPSA) is 97.5 Å². The molecule has 0 radical (unpaired) electrons. The molecular weight excluding hydrogens is 408 g/mol. The van der Waals surface area contributed by atoms with Crippen LogP contribution in [-0.4, -0.2) is 49.4 Å². The highest BCUT2D eigenvalue weighted by atomic mass is 16.5. The van der Waals surface area contributed by atoms with Crippen LogP contribution in [0, 0.1) is 0 Å². The summed E-state index contributed by atoms with van der Waals surface area (Å²) in [5.74, 6) is -0.903. The van der Waals surface area contributed by atoms with Crippen LogP contribution in [0.5, 0.6) is 5.75 Å². The van der Waals surface area contributed by atoms with Gasteiger partial charge in [0.1, 0.15) is 11.5 Å². The van der Waals surface area contributed by atoms with E-state index in [4.69, 9.17) is 4.74 Å². The van der Waals surface area contributed by atoms with Crippen LogP contribution in [0.2, 0.25) is 0 Å². The van der Waals surface area contributed by atoms with E-state index in [9.17, 15) is 14.7 Å². The second-order valence-corrected chi connectivity index (χ2v) is 7.39. The number of hydrogen-bond acceptors (Lipinski definition) is 6. The van der Waals surface area contributed by atoms with Crippen molar-refractivity contribution in [2.24, 2.45) is 0 Å². The maximum absolute atomic E-state index is 13.0. The van der Waals surface area contributed by atoms with Crippen LogP contribution >= 0.6 is 0 Å². The van der Waals surface area contributed by atoms with Gasteiger partial charge in [-0.15, -0.1) is 0 Å². The Morgan fingerprint density at radius 2 is 1.91 bits per heavy atom. The molecule has 32 heavy (non-hydrogen) atoms. The molecule has 2 aromatic heterocycles. The summed E-state index contributed by atoms with van der Waals surface area (Å²) >= 11 is 0. The molecule has 8 heteroatoms. The first-order chi connectivity index (χ1) is 15.6. The second kappa shape index (κ2) is 9.47. The van der Waals surface area contributed by atoms with Crippen molar-refractivity contribution in [3.05, 3.63) is 84.2 Å². The molecule has 1 fully saturated rings. The van der Waals surface area contributed by atoms with E-state index in [0.717, 1.165) is 0 Å². The molecule has 0 spiro atoms.